The Morgan fingerprint density at radius 1 is 1.08 bits per heavy atom. The first-order valence-corrected chi connectivity index (χ1v) is 13.7. The van der Waals surface area contributed by atoms with E-state index in [0.29, 0.717) is 19.4 Å². The van der Waals surface area contributed by atoms with Crippen LogP contribution in [0.4, 0.5) is 19.3 Å². The van der Waals surface area contributed by atoms with Crippen molar-refractivity contribution in [2.75, 3.05) is 11.9 Å². The van der Waals surface area contributed by atoms with Gasteiger partial charge in [-0.1, -0.05) is 11.6 Å². The summed E-state index contributed by atoms with van der Waals surface area (Å²) in [6, 6.07) is 6.84. The molecule has 5 rings (SSSR count). The monoisotopic (exact) mass is 538 g/mol. The highest BCUT2D eigenvalue weighted by Gasteiger charge is 2.52. The number of anilines is 1. The van der Waals surface area contributed by atoms with Crippen LogP contribution in [-0.4, -0.2) is 49.3 Å². The predicted molar refractivity (Wildman–Crippen MR) is 129 cm³/mol. The first-order chi connectivity index (χ1) is 17.0. The average molecular weight is 539 g/mol. The molecule has 36 heavy (non-hydrogen) atoms. The summed E-state index contributed by atoms with van der Waals surface area (Å²) in [5.41, 5.74) is 0.0519. The molecule has 0 radical (unpaired) electrons. The van der Waals surface area contributed by atoms with E-state index < -0.39 is 32.6 Å². The summed E-state index contributed by atoms with van der Waals surface area (Å²) in [5.74, 6) is -2.76. The summed E-state index contributed by atoms with van der Waals surface area (Å²) in [4.78, 5) is 26.6. The maximum absolute atomic E-state index is 13.7. The van der Waals surface area contributed by atoms with Crippen molar-refractivity contribution in [1.29, 1.82) is 0 Å². The van der Waals surface area contributed by atoms with Gasteiger partial charge in [0.25, 0.3) is 5.91 Å². The predicted octanol–water partition coefficient (Wildman–Crippen LogP) is 5.04. The van der Waals surface area contributed by atoms with Crippen molar-refractivity contribution in [3.8, 4) is 0 Å². The van der Waals surface area contributed by atoms with Crippen LogP contribution in [0, 0.1) is 23.5 Å². The molecule has 2 saturated carbocycles. The Balaban J connectivity index is 1.36. The zero-order chi connectivity index (χ0) is 25.8. The molecule has 2 aromatic rings. The standard InChI is InChI=1S/C25H25ClF2N2O5S/c1-13-12-30(25(32)35-13)23-14-2-3-15(23)9-18(8-14)36(33,34)22-10-16(4-6-19(22)26)24(31)29-17-5-7-20(27)21(28)11-17/h4-7,10-11,13-15,18,23H,2-3,8-9,12H2,1H3,(H,29,31)/t13-,14-,15+,18-,23?/m1/s1. The van der Waals surface area contributed by atoms with Crippen molar-refractivity contribution in [3.05, 3.63) is 58.6 Å². The Bertz CT molecular complexity index is 1320. The molecular weight excluding hydrogens is 514 g/mol. The first-order valence-electron chi connectivity index (χ1n) is 11.8. The lowest BCUT2D eigenvalue weighted by molar-refractivity contribution is 0.102. The molecule has 5 atom stereocenters. The lowest BCUT2D eigenvalue weighted by atomic mass is 9.83. The number of benzene rings is 2. The number of halogens is 3. The molecule has 2 aliphatic carbocycles. The van der Waals surface area contributed by atoms with Gasteiger partial charge in [0.2, 0.25) is 0 Å². The third-order valence-corrected chi connectivity index (χ3v) is 10.1. The van der Waals surface area contributed by atoms with E-state index in [1.165, 1.54) is 24.3 Å². The van der Waals surface area contributed by atoms with Crippen LogP contribution in [0.3, 0.4) is 0 Å². The topological polar surface area (TPSA) is 92.8 Å². The molecule has 1 N–H and O–H groups in total. The molecule has 3 aliphatic rings. The Morgan fingerprint density at radius 3 is 2.39 bits per heavy atom. The molecule has 1 unspecified atom stereocenters. The number of amides is 2. The minimum Gasteiger partial charge on any atom is -0.444 e. The molecule has 2 bridgehead atoms. The number of sulfone groups is 1. The third-order valence-electron chi connectivity index (χ3n) is 7.47. The Kier molecular flexibility index (Phi) is 6.45. The highest BCUT2D eigenvalue weighted by atomic mass is 35.5. The van der Waals surface area contributed by atoms with Crippen LogP contribution >= 0.6 is 11.6 Å². The quantitative estimate of drug-likeness (QED) is 0.575. The van der Waals surface area contributed by atoms with Crippen LogP contribution in [0.25, 0.3) is 0 Å². The molecule has 2 aromatic carbocycles. The van der Waals surface area contributed by atoms with Gasteiger partial charge in [0, 0.05) is 23.4 Å². The van der Waals surface area contributed by atoms with E-state index in [2.05, 4.69) is 5.32 Å². The molecule has 0 aromatic heterocycles. The smallest absolute Gasteiger partial charge is 0.410 e. The second-order valence-electron chi connectivity index (χ2n) is 9.80. The maximum Gasteiger partial charge on any atom is 0.410 e. The second kappa shape index (κ2) is 9.30. The summed E-state index contributed by atoms with van der Waals surface area (Å²) < 4.78 is 59.3. The fourth-order valence-corrected chi connectivity index (χ4v) is 8.33. The average Bonchev–Trinajstić information content (AvgIpc) is 3.28. The van der Waals surface area contributed by atoms with Gasteiger partial charge < -0.3 is 15.0 Å². The van der Waals surface area contributed by atoms with E-state index in [-0.39, 0.29) is 51.2 Å². The number of carbonyl (C=O) groups excluding carboxylic acids is 2. The number of nitrogens with zero attached hydrogens (tertiary/aromatic N) is 1. The van der Waals surface area contributed by atoms with Crippen LogP contribution in [0.2, 0.25) is 5.02 Å². The summed E-state index contributed by atoms with van der Waals surface area (Å²) in [6.07, 6.45) is 1.94. The number of fused-ring (bicyclic) bond motifs is 2. The highest BCUT2D eigenvalue weighted by molar-refractivity contribution is 7.92. The number of nitrogens with one attached hydrogen (secondary N) is 1. The number of cyclic esters (lactones) is 1. The minimum absolute atomic E-state index is 0.00536. The lowest BCUT2D eigenvalue weighted by Crippen LogP contribution is -2.48. The zero-order valence-electron chi connectivity index (χ0n) is 19.4. The largest absolute Gasteiger partial charge is 0.444 e. The minimum atomic E-state index is -3.89. The van der Waals surface area contributed by atoms with Crippen molar-refractivity contribution < 1.29 is 31.5 Å². The second-order valence-corrected chi connectivity index (χ2v) is 12.4. The van der Waals surface area contributed by atoms with Gasteiger partial charge in [0.1, 0.15) is 6.10 Å². The summed E-state index contributed by atoms with van der Waals surface area (Å²) in [6.45, 7) is 2.35. The van der Waals surface area contributed by atoms with Crippen LogP contribution in [0.1, 0.15) is 43.0 Å². The Labute approximate surface area is 212 Å². The van der Waals surface area contributed by atoms with Crippen LogP contribution < -0.4 is 5.32 Å². The SMILES string of the molecule is C[C@@H]1CN(C2[C@@H]3CC[C@H]2C[C@H](S(=O)(=O)c2cc(C(=O)Nc4ccc(F)c(F)c4)ccc2Cl)C3)C(=O)O1. The van der Waals surface area contributed by atoms with E-state index in [4.69, 9.17) is 16.3 Å². The fraction of sp³-hybridized carbons (Fsp3) is 0.440. The molecule has 7 nitrogen and oxygen atoms in total. The molecule has 0 spiro atoms. The van der Waals surface area contributed by atoms with Crippen molar-refractivity contribution in [2.24, 2.45) is 11.8 Å². The van der Waals surface area contributed by atoms with Gasteiger partial charge in [-0.15, -0.1) is 0 Å². The van der Waals surface area contributed by atoms with E-state index in [0.717, 1.165) is 25.0 Å². The van der Waals surface area contributed by atoms with Crippen LogP contribution in [0.5, 0.6) is 0 Å². The maximum atomic E-state index is 13.7. The number of ether oxygens (including phenoxy) is 1. The Morgan fingerprint density at radius 2 is 1.78 bits per heavy atom. The number of carbonyl (C=O) groups is 2. The van der Waals surface area contributed by atoms with Crippen molar-refractivity contribution in [1.82, 2.24) is 4.90 Å². The summed E-state index contributed by atoms with van der Waals surface area (Å²) in [7, 11) is -3.89. The Hall–Kier alpha value is -2.72. The summed E-state index contributed by atoms with van der Waals surface area (Å²) >= 11 is 6.29. The molecule has 11 heteroatoms. The lowest BCUT2D eigenvalue weighted by Gasteiger charge is -2.39. The van der Waals surface area contributed by atoms with Crippen LogP contribution in [0.15, 0.2) is 41.3 Å². The molecule has 1 heterocycles. The number of hydrogen-bond acceptors (Lipinski definition) is 5. The van der Waals surface area contributed by atoms with Gasteiger partial charge in [-0.05, 0) is 74.8 Å². The summed E-state index contributed by atoms with van der Waals surface area (Å²) in [5, 5.41) is 1.75. The molecule has 1 saturated heterocycles. The van der Waals surface area contributed by atoms with Gasteiger partial charge in [-0.25, -0.2) is 22.0 Å². The third kappa shape index (κ3) is 4.45. The molecule has 1 aliphatic heterocycles. The molecule has 192 valence electrons. The van der Waals surface area contributed by atoms with Gasteiger partial charge in [0.15, 0.2) is 21.5 Å². The normalized spacial score (nSPS) is 27.7. The first kappa shape index (κ1) is 25.0. The van der Waals surface area contributed by atoms with Crippen molar-refractivity contribution >= 4 is 39.1 Å². The number of rotatable bonds is 5. The molecule has 3 fully saturated rings. The van der Waals surface area contributed by atoms with E-state index in [9.17, 15) is 26.8 Å². The van der Waals surface area contributed by atoms with Gasteiger partial charge in [-0.2, -0.15) is 0 Å². The molecule has 2 amide bonds. The van der Waals surface area contributed by atoms with Crippen molar-refractivity contribution in [3.63, 3.8) is 0 Å². The van der Waals surface area contributed by atoms with E-state index >= 15 is 0 Å². The van der Waals surface area contributed by atoms with Gasteiger partial charge in [-0.3, -0.25) is 4.79 Å². The highest BCUT2D eigenvalue weighted by Crippen LogP contribution is 2.49. The molecular formula is C25H25ClF2N2O5S. The van der Waals surface area contributed by atoms with Gasteiger partial charge in [0.05, 0.1) is 21.7 Å². The van der Waals surface area contributed by atoms with E-state index in [1.807, 2.05) is 6.92 Å². The zero-order valence-corrected chi connectivity index (χ0v) is 21.0. The fourth-order valence-electron chi connectivity index (χ4n) is 5.89. The van der Waals surface area contributed by atoms with Crippen LogP contribution in [-0.2, 0) is 14.6 Å². The van der Waals surface area contributed by atoms with Gasteiger partial charge >= 0.3 is 6.09 Å². The van der Waals surface area contributed by atoms with E-state index in [1.54, 1.807) is 4.90 Å². The van der Waals surface area contributed by atoms with Crippen molar-refractivity contribution in [2.45, 2.75) is 54.9 Å². The number of hydrogen-bond donors (Lipinski definition) is 1.